The zero-order valence-corrected chi connectivity index (χ0v) is 16.3. The van der Waals surface area contributed by atoms with Crippen molar-refractivity contribution < 1.29 is 9.59 Å². The van der Waals surface area contributed by atoms with Gasteiger partial charge in [-0.3, -0.25) is 14.6 Å². The third-order valence-electron chi connectivity index (χ3n) is 6.25. The number of likely N-dealkylation sites (tertiary alicyclic amines) is 2. The number of hydrogen-bond acceptors (Lipinski definition) is 4. The number of piperidine rings is 2. The van der Waals surface area contributed by atoms with E-state index in [1.807, 2.05) is 34.9 Å². The van der Waals surface area contributed by atoms with Crippen LogP contribution in [0.15, 0.2) is 48.9 Å². The lowest BCUT2D eigenvalue weighted by Gasteiger charge is -2.49. The quantitative estimate of drug-likeness (QED) is 0.824. The number of amides is 2. The molecule has 2 aliphatic rings. The molecule has 2 amide bonds. The van der Waals surface area contributed by atoms with Crippen LogP contribution in [0.25, 0.3) is 0 Å². The maximum atomic E-state index is 13.0. The molecule has 1 unspecified atom stereocenters. The average Bonchev–Trinajstić information content (AvgIpc) is 2.76. The lowest BCUT2D eigenvalue weighted by Crippen LogP contribution is -2.54. The van der Waals surface area contributed by atoms with Crippen LogP contribution in [0.2, 0.25) is 0 Å². The molecule has 1 atom stereocenters. The smallest absolute Gasteiger partial charge is 0.274 e. The first-order chi connectivity index (χ1) is 13.6. The SMILES string of the molecule is CCN1CC2(CCN(C(=O)c3cnccn3)CC2)CC(c2ccccc2)C1=O. The van der Waals surface area contributed by atoms with E-state index >= 15 is 0 Å². The molecule has 28 heavy (non-hydrogen) atoms. The predicted octanol–water partition coefficient (Wildman–Crippen LogP) is 2.74. The maximum absolute atomic E-state index is 13.0. The minimum absolute atomic E-state index is 0.0539. The van der Waals surface area contributed by atoms with Crippen molar-refractivity contribution in [2.24, 2.45) is 5.41 Å². The predicted molar refractivity (Wildman–Crippen MR) is 106 cm³/mol. The van der Waals surface area contributed by atoms with E-state index in [0.29, 0.717) is 18.8 Å². The number of carbonyl (C=O) groups is 2. The van der Waals surface area contributed by atoms with E-state index in [-0.39, 0.29) is 23.1 Å². The first kappa shape index (κ1) is 18.6. The van der Waals surface area contributed by atoms with Crippen molar-refractivity contribution in [3.8, 4) is 0 Å². The Bertz CT molecular complexity index is 832. The van der Waals surface area contributed by atoms with Crippen LogP contribution in [0, 0.1) is 5.41 Å². The number of nitrogens with zero attached hydrogens (tertiary/aromatic N) is 4. The van der Waals surface area contributed by atoms with Gasteiger partial charge in [0.05, 0.1) is 12.1 Å². The van der Waals surface area contributed by atoms with Gasteiger partial charge in [0.25, 0.3) is 5.91 Å². The highest BCUT2D eigenvalue weighted by atomic mass is 16.2. The molecule has 2 aromatic rings. The maximum Gasteiger partial charge on any atom is 0.274 e. The highest BCUT2D eigenvalue weighted by Gasteiger charge is 2.46. The molecular weight excluding hydrogens is 352 g/mol. The molecule has 0 bridgehead atoms. The van der Waals surface area contributed by atoms with Gasteiger partial charge in [-0.1, -0.05) is 30.3 Å². The van der Waals surface area contributed by atoms with Crippen molar-refractivity contribution in [3.63, 3.8) is 0 Å². The van der Waals surface area contributed by atoms with Crippen LogP contribution < -0.4 is 0 Å². The summed E-state index contributed by atoms with van der Waals surface area (Å²) >= 11 is 0. The monoisotopic (exact) mass is 378 g/mol. The normalized spacial score (nSPS) is 21.8. The van der Waals surface area contributed by atoms with Crippen LogP contribution in [0.4, 0.5) is 0 Å². The van der Waals surface area contributed by atoms with Gasteiger partial charge in [0.1, 0.15) is 5.69 Å². The molecule has 2 saturated heterocycles. The second-order valence-electron chi connectivity index (χ2n) is 7.90. The fourth-order valence-corrected chi connectivity index (χ4v) is 4.62. The minimum atomic E-state index is -0.0860. The van der Waals surface area contributed by atoms with Gasteiger partial charge in [0.2, 0.25) is 5.91 Å². The van der Waals surface area contributed by atoms with Crippen LogP contribution in [0.3, 0.4) is 0 Å². The molecule has 146 valence electrons. The fraction of sp³-hybridized carbons (Fsp3) is 0.455. The lowest BCUT2D eigenvalue weighted by molar-refractivity contribution is -0.141. The van der Waals surface area contributed by atoms with Gasteiger partial charge >= 0.3 is 0 Å². The standard InChI is InChI=1S/C22H26N4O2/c1-2-25-16-22(14-18(20(25)27)17-6-4-3-5-7-17)8-12-26(13-9-22)21(28)19-15-23-10-11-24-19/h3-7,10-11,15,18H,2,8-9,12-14,16H2,1H3. The minimum Gasteiger partial charge on any atom is -0.342 e. The number of rotatable bonds is 3. The van der Waals surface area contributed by atoms with Crippen LogP contribution >= 0.6 is 0 Å². The summed E-state index contributed by atoms with van der Waals surface area (Å²) < 4.78 is 0. The number of likely N-dealkylation sites (N-methyl/N-ethyl adjacent to an activating group) is 1. The Morgan fingerprint density at radius 2 is 1.93 bits per heavy atom. The van der Waals surface area contributed by atoms with Crippen LogP contribution in [-0.4, -0.2) is 57.8 Å². The molecule has 0 N–H and O–H groups in total. The molecule has 0 saturated carbocycles. The Kier molecular flexibility index (Phi) is 5.11. The largest absolute Gasteiger partial charge is 0.342 e. The molecule has 6 heteroatoms. The van der Waals surface area contributed by atoms with E-state index < -0.39 is 0 Å². The molecule has 1 aromatic carbocycles. The van der Waals surface area contributed by atoms with E-state index in [1.165, 1.54) is 6.20 Å². The Hall–Kier alpha value is -2.76. The van der Waals surface area contributed by atoms with Crippen molar-refractivity contribution in [1.82, 2.24) is 19.8 Å². The summed E-state index contributed by atoms with van der Waals surface area (Å²) in [4.78, 5) is 37.7. The first-order valence-corrected chi connectivity index (χ1v) is 10.0. The number of carbonyl (C=O) groups excluding carboxylic acids is 2. The highest BCUT2D eigenvalue weighted by molar-refractivity contribution is 5.92. The van der Waals surface area contributed by atoms with Gasteiger partial charge in [-0.15, -0.1) is 0 Å². The Morgan fingerprint density at radius 3 is 2.57 bits per heavy atom. The van der Waals surface area contributed by atoms with E-state index in [2.05, 4.69) is 22.1 Å². The van der Waals surface area contributed by atoms with E-state index in [0.717, 1.165) is 37.9 Å². The van der Waals surface area contributed by atoms with Gasteiger partial charge < -0.3 is 9.80 Å². The lowest BCUT2D eigenvalue weighted by atomic mass is 9.67. The molecule has 0 aliphatic carbocycles. The van der Waals surface area contributed by atoms with E-state index in [9.17, 15) is 9.59 Å². The number of hydrogen-bond donors (Lipinski definition) is 0. The molecule has 1 spiro atoms. The molecule has 0 radical (unpaired) electrons. The summed E-state index contributed by atoms with van der Waals surface area (Å²) in [6, 6.07) is 10.1. The van der Waals surface area contributed by atoms with Crippen molar-refractivity contribution in [1.29, 1.82) is 0 Å². The van der Waals surface area contributed by atoms with Crippen LogP contribution in [-0.2, 0) is 4.79 Å². The van der Waals surface area contributed by atoms with Gasteiger partial charge in [-0.2, -0.15) is 0 Å². The summed E-state index contributed by atoms with van der Waals surface area (Å²) in [5.74, 6) is 0.0938. The van der Waals surface area contributed by atoms with Crippen molar-refractivity contribution in [3.05, 3.63) is 60.2 Å². The second-order valence-corrected chi connectivity index (χ2v) is 7.90. The van der Waals surface area contributed by atoms with Crippen LogP contribution in [0.5, 0.6) is 0 Å². The zero-order valence-electron chi connectivity index (χ0n) is 16.3. The average molecular weight is 378 g/mol. The van der Waals surface area contributed by atoms with Crippen LogP contribution in [0.1, 0.15) is 48.2 Å². The van der Waals surface area contributed by atoms with E-state index in [4.69, 9.17) is 0 Å². The number of benzene rings is 1. The summed E-state index contributed by atoms with van der Waals surface area (Å²) in [6.45, 7) is 4.96. The summed E-state index contributed by atoms with van der Waals surface area (Å²) in [7, 11) is 0. The third-order valence-corrected chi connectivity index (χ3v) is 6.25. The zero-order chi connectivity index (χ0) is 19.6. The summed E-state index contributed by atoms with van der Waals surface area (Å²) in [6.07, 6.45) is 7.33. The van der Waals surface area contributed by atoms with Gasteiger partial charge in [-0.25, -0.2) is 4.98 Å². The molecule has 2 fully saturated rings. The van der Waals surface area contributed by atoms with Gasteiger partial charge in [0, 0.05) is 38.6 Å². The molecule has 4 rings (SSSR count). The Labute approximate surface area is 165 Å². The highest BCUT2D eigenvalue weighted by Crippen LogP contribution is 2.45. The van der Waals surface area contributed by atoms with Crippen molar-refractivity contribution in [2.45, 2.75) is 32.1 Å². The Balaban J connectivity index is 1.50. The van der Waals surface area contributed by atoms with Crippen molar-refractivity contribution in [2.75, 3.05) is 26.2 Å². The third kappa shape index (κ3) is 3.51. The molecule has 1 aromatic heterocycles. The second kappa shape index (κ2) is 7.70. The molecular formula is C22H26N4O2. The van der Waals surface area contributed by atoms with Gasteiger partial charge in [0.15, 0.2) is 0 Å². The van der Waals surface area contributed by atoms with E-state index in [1.54, 1.807) is 12.4 Å². The molecule has 3 heterocycles. The molecule has 6 nitrogen and oxygen atoms in total. The Morgan fingerprint density at radius 1 is 1.18 bits per heavy atom. The summed E-state index contributed by atoms with van der Waals surface area (Å²) in [5.41, 5.74) is 1.57. The van der Waals surface area contributed by atoms with Crippen molar-refractivity contribution >= 4 is 11.8 Å². The summed E-state index contributed by atoms with van der Waals surface area (Å²) in [5, 5.41) is 0. The van der Waals surface area contributed by atoms with Gasteiger partial charge in [-0.05, 0) is 37.2 Å². The fourth-order valence-electron chi connectivity index (χ4n) is 4.62. The molecule has 2 aliphatic heterocycles. The topological polar surface area (TPSA) is 66.4 Å². The number of aromatic nitrogens is 2. The first-order valence-electron chi connectivity index (χ1n) is 10.0.